The average Bonchev–Trinajstić information content (AvgIpc) is 3.63. The van der Waals surface area contributed by atoms with Gasteiger partial charge in [0, 0.05) is 27.6 Å². The lowest BCUT2D eigenvalue weighted by Crippen LogP contribution is -2.40. The number of fused-ring (bicyclic) bond motifs is 1. The maximum Gasteiger partial charge on any atom is 0.271 e. The van der Waals surface area contributed by atoms with E-state index in [0.29, 0.717) is 26.3 Å². The minimum absolute atomic E-state index is 0.154. The van der Waals surface area contributed by atoms with Crippen molar-refractivity contribution in [2.24, 2.45) is 4.99 Å². The van der Waals surface area contributed by atoms with Crippen molar-refractivity contribution in [3.8, 4) is 5.69 Å². The highest BCUT2D eigenvalue weighted by molar-refractivity contribution is 7.10. The van der Waals surface area contributed by atoms with Gasteiger partial charge in [0.1, 0.15) is 6.04 Å². The first kappa shape index (κ1) is 25.0. The zero-order valence-electron chi connectivity index (χ0n) is 21.7. The second kappa shape index (κ2) is 10.1. The third-order valence-corrected chi connectivity index (χ3v) is 8.79. The fraction of sp³-hybridized carbons (Fsp3) is 0.129. The number of carbonyl (C=O) groups excluding carboxylic acids is 1. The van der Waals surface area contributed by atoms with Gasteiger partial charge in [0.2, 0.25) is 0 Å². The molecule has 5 aromatic rings. The summed E-state index contributed by atoms with van der Waals surface area (Å²) >= 11 is 2.88. The summed E-state index contributed by atoms with van der Waals surface area (Å²) in [5, 5.41) is 4.95. The minimum Gasteiger partial charge on any atom is -0.322 e. The molecule has 0 radical (unpaired) electrons. The number of allylic oxidation sites excluding steroid dienone is 1. The van der Waals surface area contributed by atoms with E-state index in [4.69, 9.17) is 4.99 Å². The van der Waals surface area contributed by atoms with Gasteiger partial charge in [0.25, 0.3) is 11.5 Å². The smallest absolute Gasteiger partial charge is 0.271 e. The number of anilines is 1. The van der Waals surface area contributed by atoms with Gasteiger partial charge < -0.3 is 9.88 Å². The normalized spacial score (nSPS) is 15.3. The van der Waals surface area contributed by atoms with Crippen molar-refractivity contribution in [3.63, 3.8) is 0 Å². The first-order valence-electron chi connectivity index (χ1n) is 12.6. The van der Waals surface area contributed by atoms with E-state index in [2.05, 4.69) is 41.9 Å². The van der Waals surface area contributed by atoms with E-state index in [1.807, 2.05) is 79.0 Å². The van der Waals surface area contributed by atoms with Crippen molar-refractivity contribution in [2.75, 3.05) is 5.32 Å². The van der Waals surface area contributed by atoms with E-state index >= 15 is 0 Å². The zero-order valence-corrected chi connectivity index (χ0v) is 23.3. The van der Waals surface area contributed by atoms with Gasteiger partial charge in [0.15, 0.2) is 4.80 Å². The van der Waals surface area contributed by atoms with Gasteiger partial charge in [-0.15, -0.1) is 11.3 Å². The van der Waals surface area contributed by atoms with Crippen LogP contribution in [0.3, 0.4) is 0 Å². The van der Waals surface area contributed by atoms with Crippen LogP contribution in [0.2, 0.25) is 0 Å². The molecular formula is C31H26N4O2S2. The van der Waals surface area contributed by atoms with Crippen LogP contribution in [-0.4, -0.2) is 15.0 Å². The predicted octanol–water partition coefficient (Wildman–Crippen LogP) is 5.34. The Hall–Kier alpha value is -4.27. The number of rotatable bonds is 5. The molecule has 1 aliphatic rings. The molecule has 0 aliphatic carbocycles. The number of aromatic nitrogens is 2. The molecule has 2 aromatic carbocycles. The first-order valence-corrected chi connectivity index (χ1v) is 14.3. The number of carbonyl (C=O) groups is 1. The van der Waals surface area contributed by atoms with E-state index in [-0.39, 0.29) is 11.5 Å². The Kier molecular flexibility index (Phi) is 6.50. The number of nitrogens with one attached hydrogen (secondary N) is 1. The maximum absolute atomic E-state index is 14.0. The molecule has 8 heteroatoms. The maximum atomic E-state index is 14.0. The molecule has 0 spiro atoms. The number of hydrogen-bond acceptors (Lipinski definition) is 5. The topological polar surface area (TPSA) is 68.4 Å². The van der Waals surface area contributed by atoms with Crippen LogP contribution < -0.4 is 20.2 Å². The number of thiazole rings is 1. The van der Waals surface area contributed by atoms with Crippen LogP contribution in [0.4, 0.5) is 5.69 Å². The molecule has 0 saturated heterocycles. The Balaban J connectivity index is 1.47. The molecule has 194 valence electrons. The summed E-state index contributed by atoms with van der Waals surface area (Å²) in [6.45, 7) is 5.97. The molecule has 1 unspecified atom stereocenters. The van der Waals surface area contributed by atoms with Gasteiger partial charge in [-0.05, 0) is 74.2 Å². The van der Waals surface area contributed by atoms with Crippen LogP contribution >= 0.6 is 22.7 Å². The number of aryl methyl sites for hydroxylation is 1. The number of thiophene rings is 1. The fourth-order valence-corrected chi connectivity index (χ4v) is 6.96. The molecule has 1 aliphatic heterocycles. The van der Waals surface area contributed by atoms with Crippen LogP contribution in [0.5, 0.6) is 0 Å². The summed E-state index contributed by atoms with van der Waals surface area (Å²) in [6, 6.07) is 25.0. The Morgan fingerprint density at radius 3 is 2.38 bits per heavy atom. The molecule has 0 bridgehead atoms. The highest BCUT2D eigenvalue weighted by atomic mass is 32.1. The predicted molar refractivity (Wildman–Crippen MR) is 158 cm³/mol. The van der Waals surface area contributed by atoms with Gasteiger partial charge >= 0.3 is 0 Å². The molecule has 0 fully saturated rings. The molecule has 6 rings (SSSR count). The largest absolute Gasteiger partial charge is 0.322 e. The van der Waals surface area contributed by atoms with Crippen molar-refractivity contribution < 1.29 is 4.79 Å². The van der Waals surface area contributed by atoms with E-state index in [0.717, 1.165) is 27.5 Å². The van der Waals surface area contributed by atoms with Crippen molar-refractivity contribution in [1.29, 1.82) is 0 Å². The van der Waals surface area contributed by atoms with Gasteiger partial charge in [-0.1, -0.05) is 53.8 Å². The number of amides is 1. The van der Waals surface area contributed by atoms with E-state index < -0.39 is 6.04 Å². The minimum atomic E-state index is -0.552. The van der Waals surface area contributed by atoms with Crippen molar-refractivity contribution in [2.45, 2.75) is 26.8 Å². The summed E-state index contributed by atoms with van der Waals surface area (Å²) in [6.07, 6.45) is 1.94. The van der Waals surface area contributed by atoms with Gasteiger partial charge in [-0.25, -0.2) is 4.99 Å². The third-order valence-electron chi connectivity index (χ3n) is 6.88. The molecule has 1 atom stereocenters. The van der Waals surface area contributed by atoms with Crippen molar-refractivity contribution >= 4 is 40.3 Å². The van der Waals surface area contributed by atoms with E-state index in [9.17, 15) is 9.59 Å². The second-order valence-electron chi connectivity index (χ2n) is 9.41. The molecule has 39 heavy (non-hydrogen) atoms. The van der Waals surface area contributed by atoms with E-state index in [1.165, 1.54) is 22.7 Å². The lowest BCUT2D eigenvalue weighted by molar-refractivity contribution is -0.113. The molecule has 3 aromatic heterocycles. The standard InChI is InChI=1S/C31H26N4O2S2/c1-19-17-22(21(3)34(19)24-13-8-5-9-14-24)18-26-30(37)35-28(25-15-10-16-38-25)27(20(2)32-31(35)39-26)29(36)33-23-11-6-4-7-12-23/h4-18,28H,1-3H3,(H,33,36)/b26-18-. The summed E-state index contributed by atoms with van der Waals surface area (Å²) in [5.41, 5.74) is 5.82. The fourth-order valence-electron chi connectivity index (χ4n) is 5.10. The van der Waals surface area contributed by atoms with Crippen molar-refractivity contribution in [1.82, 2.24) is 9.13 Å². The van der Waals surface area contributed by atoms with Crippen molar-refractivity contribution in [3.05, 3.63) is 137 Å². The Bertz CT molecular complexity index is 1890. The monoisotopic (exact) mass is 550 g/mol. The molecule has 4 heterocycles. The summed E-state index contributed by atoms with van der Waals surface area (Å²) in [7, 11) is 0. The van der Waals surface area contributed by atoms with Crippen LogP contribution in [0.1, 0.15) is 34.8 Å². The quantitative estimate of drug-likeness (QED) is 0.321. The lowest BCUT2D eigenvalue weighted by atomic mass is 10.0. The number of hydrogen-bond donors (Lipinski definition) is 1. The Labute approximate surface area is 233 Å². The molecule has 1 amide bonds. The molecule has 1 N–H and O–H groups in total. The number of nitrogens with zero attached hydrogens (tertiary/aromatic N) is 3. The van der Waals surface area contributed by atoms with E-state index in [1.54, 1.807) is 4.57 Å². The van der Waals surface area contributed by atoms with Gasteiger partial charge in [0.05, 0.1) is 15.8 Å². The van der Waals surface area contributed by atoms with Crippen LogP contribution in [0.15, 0.2) is 105 Å². The SMILES string of the molecule is CC1=C(C(=O)Nc2ccccc2)C(c2cccs2)n2c(s/c(=C\c3cc(C)n(-c4ccccc4)c3C)c2=O)=N1. The van der Waals surface area contributed by atoms with Crippen LogP contribution in [-0.2, 0) is 4.79 Å². The lowest BCUT2D eigenvalue weighted by Gasteiger charge is -2.24. The highest BCUT2D eigenvalue weighted by Crippen LogP contribution is 2.33. The number of para-hydroxylation sites is 2. The average molecular weight is 551 g/mol. The Morgan fingerprint density at radius 2 is 1.69 bits per heavy atom. The summed E-state index contributed by atoms with van der Waals surface area (Å²) in [5.74, 6) is -0.262. The summed E-state index contributed by atoms with van der Waals surface area (Å²) in [4.78, 5) is 33.8. The van der Waals surface area contributed by atoms with Crippen LogP contribution in [0.25, 0.3) is 11.8 Å². The Morgan fingerprint density at radius 1 is 0.974 bits per heavy atom. The first-order chi connectivity index (χ1) is 18.9. The van der Waals surface area contributed by atoms with Crippen LogP contribution in [0, 0.1) is 13.8 Å². The zero-order chi connectivity index (χ0) is 27.1. The number of benzene rings is 2. The third kappa shape index (κ3) is 4.51. The summed E-state index contributed by atoms with van der Waals surface area (Å²) < 4.78 is 4.44. The van der Waals surface area contributed by atoms with Gasteiger partial charge in [-0.2, -0.15) is 0 Å². The van der Waals surface area contributed by atoms with Gasteiger partial charge in [-0.3, -0.25) is 14.2 Å². The molecule has 0 saturated carbocycles. The molecule has 6 nitrogen and oxygen atoms in total. The second-order valence-corrected chi connectivity index (χ2v) is 11.4. The molecular weight excluding hydrogens is 525 g/mol. The highest BCUT2D eigenvalue weighted by Gasteiger charge is 2.33.